The van der Waals surface area contributed by atoms with Crippen molar-refractivity contribution in [1.82, 2.24) is 10.1 Å². The molecule has 0 aliphatic heterocycles. The molecule has 16 heavy (non-hydrogen) atoms. The van der Waals surface area contributed by atoms with Gasteiger partial charge in [-0.1, -0.05) is 12.1 Å². The van der Waals surface area contributed by atoms with Crippen LogP contribution in [0.3, 0.4) is 0 Å². The standard InChI is InChI=1S/C10H8N2O3S/c1-14-9(13)7-4-2-6(3-5-7)8-11-10(16)15-12-8/h2-5H,1H3,(H,11,12,16). The molecule has 82 valence electrons. The van der Waals surface area contributed by atoms with Crippen molar-refractivity contribution in [3.05, 3.63) is 34.7 Å². The smallest absolute Gasteiger partial charge is 0.337 e. The highest BCUT2D eigenvalue weighted by Crippen LogP contribution is 2.15. The zero-order valence-corrected chi connectivity index (χ0v) is 9.21. The van der Waals surface area contributed by atoms with E-state index >= 15 is 0 Å². The maximum Gasteiger partial charge on any atom is 0.337 e. The fraction of sp³-hybridized carbons (Fsp3) is 0.100. The first-order valence-corrected chi connectivity index (χ1v) is 4.86. The minimum Gasteiger partial charge on any atom is -0.465 e. The number of carbonyl (C=O) groups excluding carboxylic acids is 1. The van der Waals surface area contributed by atoms with Crippen molar-refractivity contribution in [2.45, 2.75) is 0 Å². The van der Waals surface area contributed by atoms with Gasteiger partial charge in [-0.25, -0.2) is 9.95 Å². The first-order valence-electron chi connectivity index (χ1n) is 4.45. The summed E-state index contributed by atoms with van der Waals surface area (Å²) in [7, 11) is 1.34. The number of H-pyrrole nitrogens is 1. The molecule has 0 fully saturated rings. The van der Waals surface area contributed by atoms with E-state index < -0.39 is 0 Å². The van der Waals surface area contributed by atoms with E-state index in [9.17, 15) is 4.79 Å². The molecule has 2 rings (SSSR count). The monoisotopic (exact) mass is 236 g/mol. The number of carbonyl (C=O) groups is 1. The van der Waals surface area contributed by atoms with Crippen LogP contribution in [0, 0.1) is 4.84 Å². The number of aromatic nitrogens is 2. The fourth-order valence-electron chi connectivity index (χ4n) is 1.23. The summed E-state index contributed by atoms with van der Waals surface area (Å²) in [4.78, 5) is 15.3. The zero-order chi connectivity index (χ0) is 11.5. The number of nitrogens with zero attached hydrogens (tertiary/aromatic N) is 1. The highest BCUT2D eigenvalue weighted by Gasteiger charge is 2.06. The second kappa shape index (κ2) is 4.28. The van der Waals surface area contributed by atoms with Crippen LogP contribution in [-0.2, 0) is 4.74 Å². The van der Waals surface area contributed by atoms with Crippen LogP contribution < -0.4 is 0 Å². The van der Waals surface area contributed by atoms with Crippen molar-refractivity contribution in [3.63, 3.8) is 0 Å². The number of hydrogen-bond donors (Lipinski definition) is 1. The molecule has 1 heterocycles. The van der Waals surface area contributed by atoms with Gasteiger partial charge in [0.1, 0.15) is 0 Å². The molecule has 0 bridgehead atoms. The molecule has 0 saturated carbocycles. The summed E-state index contributed by atoms with van der Waals surface area (Å²) in [6.45, 7) is 0. The Labute approximate surface area is 96.0 Å². The second-order valence-corrected chi connectivity index (χ2v) is 3.35. The highest BCUT2D eigenvalue weighted by molar-refractivity contribution is 7.71. The number of methoxy groups -OCH3 is 1. The number of ether oxygens (including phenoxy) is 1. The zero-order valence-electron chi connectivity index (χ0n) is 8.39. The van der Waals surface area contributed by atoms with Crippen LogP contribution in [0.5, 0.6) is 0 Å². The Morgan fingerprint density at radius 2 is 2.12 bits per heavy atom. The van der Waals surface area contributed by atoms with Crippen LogP contribution in [0.4, 0.5) is 0 Å². The molecule has 0 unspecified atom stereocenters. The molecule has 5 nitrogen and oxygen atoms in total. The van der Waals surface area contributed by atoms with Crippen LogP contribution in [-0.4, -0.2) is 23.2 Å². The first kappa shape index (κ1) is 10.6. The molecule has 0 amide bonds. The van der Waals surface area contributed by atoms with Gasteiger partial charge in [0, 0.05) is 5.56 Å². The van der Waals surface area contributed by atoms with Gasteiger partial charge in [-0.15, -0.1) is 0 Å². The Hall–Kier alpha value is -1.95. The quantitative estimate of drug-likeness (QED) is 0.639. The lowest BCUT2D eigenvalue weighted by molar-refractivity contribution is 0.0601. The summed E-state index contributed by atoms with van der Waals surface area (Å²) in [6.07, 6.45) is 0. The van der Waals surface area contributed by atoms with E-state index in [-0.39, 0.29) is 10.8 Å². The van der Waals surface area contributed by atoms with Crippen LogP contribution in [0.2, 0.25) is 0 Å². The van der Waals surface area contributed by atoms with Crippen LogP contribution in [0.15, 0.2) is 28.8 Å². The van der Waals surface area contributed by atoms with Crippen LogP contribution in [0.1, 0.15) is 10.4 Å². The van der Waals surface area contributed by atoms with Gasteiger partial charge in [0.15, 0.2) is 5.82 Å². The number of hydrogen-bond acceptors (Lipinski definition) is 5. The number of nitrogens with one attached hydrogen (secondary N) is 1. The first-order chi connectivity index (χ1) is 7.70. The molecule has 0 atom stereocenters. The van der Waals surface area contributed by atoms with E-state index in [1.54, 1.807) is 24.3 Å². The minimum absolute atomic E-state index is 0.145. The lowest BCUT2D eigenvalue weighted by atomic mass is 10.1. The van der Waals surface area contributed by atoms with Gasteiger partial charge in [-0.05, 0) is 24.4 Å². The van der Waals surface area contributed by atoms with Gasteiger partial charge < -0.3 is 9.26 Å². The molecule has 1 N–H and O–H groups in total. The molecule has 1 aromatic carbocycles. The largest absolute Gasteiger partial charge is 0.465 e. The van der Waals surface area contributed by atoms with Gasteiger partial charge in [-0.2, -0.15) is 4.98 Å². The highest BCUT2D eigenvalue weighted by atomic mass is 32.1. The van der Waals surface area contributed by atoms with Crippen molar-refractivity contribution in [3.8, 4) is 11.4 Å². The SMILES string of the molecule is COC(=O)c1ccc(-c2nc(=S)o[nH]2)cc1. The fourth-order valence-corrected chi connectivity index (χ4v) is 1.37. The van der Waals surface area contributed by atoms with Gasteiger partial charge >= 0.3 is 10.8 Å². The van der Waals surface area contributed by atoms with Gasteiger partial charge in [0.2, 0.25) is 0 Å². The van der Waals surface area contributed by atoms with E-state index in [0.717, 1.165) is 5.56 Å². The third-order valence-electron chi connectivity index (χ3n) is 2.02. The van der Waals surface area contributed by atoms with Crippen molar-refractivity contribution >= 4 is 18.2 Å². The van der Waals surface area contributed by atoms with Crippen molar-refractivity contribution in [2.24, 2.45) is 0 Å². The number of aromatic amines is 1. The maximum atomic E-state index is 11.2. The van der Waals surface area contributed by atoms with Crippen LogP contribution in [0.25, 0.3) is 11.4 Å². The Kier molecular flexibility index (Phi) is 2.82. The topological polar surface area (TPSA) is 68.1 Å². The van der Waals surface area contributed by atoms with E-state index in [1.807, 2.05) is 0 Å². The normalized spacial score (nSPS) is 10.1. The Balaban J connectivity index is 2.32. The summed E-state index contributed by atoms with van der Waals surface area (Å²) in [5.41, 5.74) is 1.26. The lowest BCUT2D eigenvalue weighted by Gasteiger charge is -1.99. The Morgan fingerprint density at radius 1 is 1.44 bits per heavy atom. The average Bonchev–Trinajstić information content (AvgIpc) is 2.75. The van der Waals surface area contributed by atoms with Crippen LogP contribution >= 0.6 is 12.2 Å². The van der Waals surface area contributed by atoms with Gasteiger partial charge in [0.05, 0.1) is 12.7 Å². The predicted octanol–water partition coefficient (Wildman–Crippen LogP) is 2.19. The van der Waals surface area contributed by atoms with Crippen molar-refractivity contribution < 1.29 is 14.1 Å². The number of benzene rings is 1. The van der Waals surface area contributed by atoms with E-state index in [4.69, 9.17) is 16.7 Å². The minimum atomic E-state index is -0.375. The van der Waals surface area contributed by atoms with E-state index in [0.29, 0.717) is 11.4 Å². The predicted molar refractivity (Wildman–Crippen MR) is 58.5 cm³/mol. The molecular formula is C10H8N2O3S. The molecule has 0 aliphatic rings. The third kappa shape index (κ3) is 2.01. The molecule has 0 spiro atoms. The molecule has 6 heteroatoms. The molecule has 0 radical (unpaired) electrons. The summed E-state index contributed by atoms with van der Waals surface area (Å²) in [5, 5.41) is 2.58. The summed E-state index contributed by atoms with van der Waals surface area (Å²) in [5.74, 6) is 0.154. The Morgan fingerprint density at radius 3 is 2.62 bits per heavy atom. The van der Waals surface area contributed by atoms with E-state index in [2.05, 4.69) is 14.9 Å². The van der Waals surface area contributed by atoms with Gasteiger partial charge in [-0.3, -0.25) is 0 Å². The molecule has 0 aliphatic carbocycles. The maximum absolute atomic E-state index is 11.2. The summed E-state index contributed by atoms with van der Waals surface area (Å²) >= 11 is 4.74. The second-order valence-electron chi connectivity index (χ2n) is 3.00. The third-order valence-corrected chi connectivity index (χ3v) is 2.19. The molecule has 0 saturated heterocycles. The average molecular weight is 236 g/mol. The van der Waals surface area contributed by atoms with Gasteiger partial charge in [0.25, 0.3) is 0 Å². The Bertz CT molecular complexity index is 556. The van der Waals surface area contributed by atoms with E-state index in [1.165, 1.54) is 7.11 Å². The molecular weight excluding hydrogens is 228 g/mol. The number of esters is 1. The lowest BCUT2D eigenvalue weighted by Crippen LogP contribution is -2.00. The van der Waals surface area contributed by atoms with Crippen molar-refractivity contribution in [2.75, 3.05) is 7.11 Å². The van der Waals surface area contributed by atoms with Crippen molar-refractivity contribution in [1.29, 1.82) is 0 Å². The molecule has 1 aromatic heterocycles. The summed E-state index contributed by atoms with van der Waals surface area (Å²) < 4.78 is 9.39. The molecule has 2 aromatic rings. The summed E-state index contributed by atoms with van der Waals surface area (Å²) in [6, 6.07) is 6.75. The number of rotatable bonds is 2.